The van der Waals surface area contributed by atoms with Gasteiger partial charge in [-0.05, 0) is 23.8 Å². The van der Waals surface area contributed by atoms with E-state index in [9.17, 15) is 24.5 Å². The molecule has 1 aliphatic heterocycles. The minimum absolute atomic E-state index is 0.0195. The van der Waals surface area contributed by atoms with Gasteiger partial charge in [0.1, 0.15) is 13.2 Å². The number of non-ortho nitro benzene ring substituents is 1. The molecule has 8 nitrogen and oxygen atoms in total. The number of carbonyl (C=O) groups excluding carboxylic acids is 3. The molecule has 0 aromatic heterocycles. The lowest BCUT2D eigenvalue weighted by molar-refractivity contribution is -0.384. The van der Waals surface area contributed by atoms with Gasteiger partial charge in [0.25, 0.3) is 17.5 Å². The van der Waals surface area contributed by atoms with Crippen LogP contribution in [0.4, 0.5) is 5.69 Å². The lowest BCUT2D eigenvalue weighted by atomic mass is 10.1. The zero-order valence-corrected chi connectivity index (χ0v) is 13.9. The summed E-state index contributed by atoms with van der Waals surface area (Å²) in [5.74, 6) is -2.23. The molecule has 3 rings (SSSR count). The van der Waals surface area contributed by atoms with Crippen LogP contribution < -0.4 is 0 Å². The van der Waals surface area contributed by atoms with E-state index in [-0.39, 0.29) is 23.4 Å². The Morgan fingerprint density at radius 2 is 1.73 bits per heavy atom. The molecule has 2 aromatic rings. The fraction of sp³-hybridized carbons (Fsp3) is 0.118. The van der Waals surface area contributed by atoms with Crippen LogP contribution in [-0.4, -0.2) is 34.2 Å². The molecule has 0 N–H and O–H groups in total. The summed E-state index contributed by atoms with van der Waals surface area (Å²) in [5.41, 5.74) is 0.304. The van der Waals surface area contributed by atoms with Crippen LogP contribution >= 0.6 is 11.6 Å². The van der Waals surface area contributed by atoms with Crippen LogP contribution in [0.5, 0.6) is 0 Å². The third-order valence-electron chi connectivity index (χ3n) is 3.77. The molecule has 1 heterocycles. The smallest absolute Gasteiger partial charge is 0.326 e. The van der Waals surface area contributed by atoms with E-state index in [1.165, 1.54) is 6.07 Å². The molecule has 0 spiro atoms. The number of nitro groups is 1. The Bertz CT molecular complexity index is 925. The Hall–Kier alpha value is -3.26. The van der Waals surface area contributed by atoms with Gasteiger partial charge < -0.3 is 4.74 Å². The first kappa shape index (κ1) is 17.6. The molecule has 1 aliphatic rings. The van der Waals surface area contributed by atoms with Crippen LogP contribution in [0, 0.1) is 10.1 Å². The van der Waals surface area contributed by atoms with Gasteiger partial charge in [0.05, 0.1) is 16.1 Å². The van der Waals surface area contributed by atoms with Crippen molar-refractivity contribution in [2.75, 3.05) is 6.54 Å². The molecule has 0 fully saturated rings. The Morgan fingerprint density at radius 1 is 1.08 bits per heavy atom. The monoisotopic (exact) mass is 374 g/mol. The number of hydrogen-bond acceptors (Lipinski definition) is 6. The van der Waals surface area contributed by atoms with Crippen LogP contribution in [0.1, 0.15) is 26.3 Å². The largest absolute Gasteiger partial charge is 0.459 e. The van der Waals surface area contributed by atoms with Gasteiger partial charge in [0.15, 0.2) is 0 Å². The van der Waals surface area contributed by atoms with Crippen LogP contribution in [0.3, 0.4) is 0 Å². The predicted octanol–water partition coefficient (Wildman–Crippen LogP) is 2.59. The Kier molecular flexibility index (Phi) is 4.68. The Balaban J connectivity index is 1.67. The maximum atomic E-state index is 12.3. The van der Waals surface area contributed by atoms with Gasteiger partial charge in [0, 0.05) is 17.2 Å². The van der Waals surface area contributed by atoms with Crippen molar-refractivity contribution in [3.63, 3.8) is 0 Å². The molecular weight excluding hydrogens is 364 g/mol. The predicted molar refractivity (Wildman–Crippen MR) is 89.7 cm³/mol. The van der Waals surface area contributed by atoms with Crippen LogP contribution in [0.2, 0.25) is 5.02 Å². The van der Waals surface area contributed by atoms with Gasteiger partial charge in [-0.3, -0.25) is 29.4 Å². The summed E-state index contributed by atoms with van der Waals surface area (Å²) in [4.78, 5) is 47.3. The van der Waals surface area contributed by atoms with E-state index in [2.05, 4.69) is 0 Å². The Morgan fingerprint density at radius 3 is 2.38 bits per heavy atom. The molecule has 0 atom stereocenters. The van der Waals surface area contributed by atoms with E-state index < -0.39 is 29.3 Å². The summed E-state index contributed by atoms with van der Waals surface area (Å²) in [6.45, 7) is -0.613. The van der Waals surface area contributed by atoms with Crippen molar-refractivity contribution < 1.29 is 24.0 Å². The number of hydrogen-bond donors (Lipinski definition) is 0. The molecule has 2 aromatic carbocycles. The van der Waals surface area contributed by atoms with Gasteiger partial charge in [-0.2, -0.15) is 0 Å². The van der Waals surface area contributed by atoms with E-state index in [0.29, 0.717) is 15.5 Å². The third kappa shape index (κ3) is 3.40. The number of ether oxygens (including phenoxy) is 1. The summed E-state index contributed by atoms with van der Waals surface area (Å²) in [6.07, 6.45) is 0. The molecule has 132 valence electrons. The molecule has 2 amide bonds. The van der Waals surface area contributed by atoms with Gasteiger partial charge in [-0.25, -0.2) is 0 Å². The van der Waals surface area contributed by atoms with Crippen molar-refractivity contribution in [3.8, 4) is 0 Å². The summed E-state index contributed by atoms with van der Waals surface area (Å²) < 4.78 is 5.05. The van der Waals surface area contributed by atoms with Crippen molar-refractivity contribution in [1.82, 2.24) is 4.90 Å². The molecule has 26 heavy (non-hydrogen) atoms. The van der Waals surface area contributed by atoms with E-state index in [4.69, 9.17) is 16.3 Å². The number of fused-ring (bicyclic) bond motifs is 1. The van der Waals surface area contributed by atoms with Crippen LogP contribution in [0.25, 0.3) is 0 Å². The van der Waals surface area contributed by atoms with Crippen molar-refractivity contribution in [2.24, 2.45) is 0 Å². The highest BCUT2D eigenvalue weighted by Crippen LogP contribution is 2.26. The third-order valence-corrected chi connectivity index (χ3v) is 4.02. The first-order chi connectivity index (χ1) is 12.4. The fourth-order valence-corrected chi connectivity index (χ4v) is 2.58. The summed E-state index contributed by atoms with van der Waals surface area (Å²) in [5, 5.41) is 11.3. The minimum atomic E-state index is -0.774. The highest BCUT2D eigenvalue weighted by molar-refractivity contribution is 6.30. The lowest BCUT2D eigenvalue weighted by Gasteiger charge is -2.13. The second kappa shape index (κ2) is 6.93. The second-order valence-corrected chi connectivity index (χ2v) is 5.91. The standard InChI is InChI=1S/C17H11ClN2O6/c18-11-3-1-10(2-4-11)9-26-15(21)8-19-16(22)13-6-5-12(20(24)25)7-14(13)17(19)23/h1-7H,8-9H2. The highest BCUT2D eigenvalue weighted by Gasteiger charge is 2.38. The molecule has 0 saturated carbocycles. The van der Waals surface area contributed by atoms with E-state index in [0.717, 1.165) is 12.1 Å². The number of carbonyl (C=O) groups is 3. The molecule has 0 radical (unpaired) electrons. The topological polar surface area (TPSA) is 107 Å². The lowest BCUT2D eigenvalue weighted by Crippen LogP contribution is -2.35. The summed E-state index contributed by atoms with van der Waals surface area (Å²) in [6, 6.07) is 9.99. The maximum Gasteiger partial charge on any atom is 0.326 e. The van der Waals surface area contributed by atoms with Crippen molar-refractivity contribution in [1.29, 1.82) is 0 Å². The van der Waals surface area contributed by atoms with Crippen LogP contribution in [-0.2, 0) is 16.1 Å². The number of esters is 1. The van der Waals surface area contributed by atoms with Crippen molar-refractivity contribution in [2.45, 2.75) is 6.61 Å². The van der Waals surface area contributed by atoms with Crippen molar-refractivity contribution >= 4 is 35.1 Å². The minimum Gasteiger partial charge on any atom is -0.459 e. The summed E-state index contributed by atoms with van der Waals surface area (Å²) in [7, 11) is 0. The number of halogens is 1. The first-order valence-corrected chi connectivity index (χ1v) is 7.79. The number of nitrogens with zero attached hydrogens (tertiary/aromatic N) is 2. The molecular formula is C17H11ClN2O6. The van der Waals surface area contributed by atoms with Gasteiger partial charge >= 0.3 is 5.97 Å². The average Bonchev–Trinajstić information content (AvgIpc) is 2.85. The maximum absolute atomic E-state index is 12.3. The number of rotatable bonds is 5. The van der Waals surface area contributed by atoms with Gasteiger partial charge in [-0.1, -0.05) is 23.7 Å². The van der Waals surface area contributed by atoms with Gasteiger partial charge in [-0.15, -0.1) is 0 Å². The normalized spacial score (nSPS) is 12.9. The SMILES string of the molecule is O=C(CN1C(=O)c2ccc([N+](=O)[O-])cc2C1=O)OCc1ccc(Cl)cc1. The van der Waals surface area contributed by atoms with E-state index >= 15 is 0 Å². The molecule has 0 bridgehead atoms. The number of amides is 2. The van der Waals surface area contributed by atoms with Crippen LogP contribution in [0.15, 0.2) is 42.5 Å². The molecule has 0 aliphatic carbocycles. The summed E-state index contributed by atoms with van der Waals surface area (Å²) >= 11 is 5.76. The molecule has 0 saturated heterocycles. The zero-order chi connectivity index (χ0) is 18.8. The van der Waals surface area contributed by atoms with Gasteiger partial charge in [0.2, 0.25) is 0 Å². The average molecular weight is 375 g/mol. The fourth-order valence-electron chi connectivity index (χ4n) is 2.46. The molecule has 0 unspecified atom stereocenters. The van der Waals surface area contributed by atoms with Crippen molar-refractivity contribution in [3.05, 3.63) is 74.3 Å². The quantitative estimate of drug-likeness (QED) is 0.344. The highest BCUT2D eigenvalue weighted by atomic mass is 35.5. The van der Waals surface area contributed by atoms with E-state index in [1.807, 2.05) is 0 Å². The second-order valence-electron chi connectivity index (χ2n) is 5.47. The number of benzene rings is 2. The number of nitro benzene ring substituents is 1. The zero-order valence-electron chi connectivity index (χ0n) is 13.2. The first-order valence-electron chi connectivity index (χ1n) is 7.41. The number of imide groups is 1. The molecule has 9 heteroatoms. The van der Waals surface area contributed by atoms with E-state index in [1.54, 1.807) is 24.3 Å². The Labute approximate surface area is 152 Å².